The normalized spacial score (nSPS) is 11.7. The van der Waals surface area contributed by atoms with Gasteiger partial charge in [0, 0.05) is 11.5 Å². The number of fused-ring (bicyclic) bond motifs is 2. The summed E-state index contributed by atoms with van der Waals surface area (Å²) in [6.07, 6.45) is 3.77. The first-order valence-electron chi connectivity index (χ1n) is 7.93. The Balaban J connectivity index is 1.98. The van der Waals surface area contributed by atoms with E-state index in [0.29, 0.717) is 5.92 Å². The lowest BCUT2D eigenvalue weighted by Gasteiger charge is -2.04. The van der Waals surface area contributed by atoms with Gasteiger partial charge in [0.2, 0.25) is 5.52 Å². The molecule has 0 bridgehead atoms. The molecule has 0 N–H and O–H groups in total. The zero-order valence-electron chi connectivity index (χ0n) is 13.6. The summed E-state index contributed by atoms with van der Waals surface area (Å²) in [5, 5.41) is 1.13. The molecular weight excluding hydrogens is 284 g/mol. The number of benzene rings is 2. The lowest BCUT2D eigenvalue weighted by Crippen LogP contribution is -2.30. The van der Waals surface area contributed by atoms with E-state index in [1.165, 1.54) is 11.1 Å². The monoisotopic (exact) mass is 303 g/mol. The fraction of sp³-hybridized carbons (Fsp3) is 0.200. The van der Waals surface area contributed by atoms with Gasteiger partial charge in [-0.3, -0.25) is 0 Å². The van der Waals surface area contributed by atoms with Gasteiger partial charge < -0.3 is 4.42 Å². The van der Waals surface area contributed by atoms with Gasteiger partial charge in [0.05, 0.1) is 12.3 Å². The molecule has 2 aromatic heterocycles. The summed E-state index contributed by atoms with van der Waals surface area (Å²) in [6.45, 7) is 6.46. The van der Waals surface area contributed by atoms with Crippen molar-refractivity contribution >= 4 is 22.0 Å². The molecule has 23 heavy (non-hydrogen) atoms. The van der Waals surface area contributed by atoms with Gasteiger partial charge in [-0.15, -0.1) is 4.57 Å². The van der Waals surface area contributed by atoms with E-state index in [1.54, 1.807) is 0 Å². The van der Waals surface area contributed by atoms with Crippen molar-refractivity contribution in [3.63, 3.8) is 0 Å². The molecule has 0 aliphatic heterocycles. The first-order chi connectivity index (χ1) is 11.1. The zero-order valence-corrected chi connectivity index (χ0v) is 13.6. The minimum Gasteiger partial charge on any atom is -0.404 e. The van der Waals surface area contributed by atoms with Crippen molar-refractivity contribution in [3.05, 3.63) is 66.0 Å². The molecule has 4 rings (SSSR count). The molecule has 0 unspecified atom stereocenters. The number of furan rings is 1. The van der Waals surface area contributed by atoms with Crippen molar-refractivity contribution in [2.45, 2.75) is 26.7 Å². The van der Waals surface area contributed by atoms with Crippen LogP contribution in [0.15, 0.2) is 59.3 Å². The van der Waals surface area contributed by atoms with Crippen LogP contribution in [0.5, 0.6) is 0 Å². The Labute approximate surface area is 135 Å². The molecule has 2 aromatic carbocycles. The predicted octanol–water partition coefficient (Wildman–Crippen LogP) is 4.69. The van der Waals surface area contributed by atoms with Gasteiger partial charge in [0.1, 0.15) is 11.1 Å². The topological polar surface area (TPSA) is 29.9 Å². The van der Waals surface area contributed by atoms with Crippen LogP contribution in [0.25, 0.3) is 27.9 Å². The highest BCUT2D eigenvalue weighted by molar-refractivity contribution is 5.82. The largest absolute Gasteiger partial charge is 0.404 e. The summed E-state index contributed by atoms with van der Waals surface area (Å²) in [4.78, 5) is 4.47. The average Bonchev–Trinajstić information content (AvgIpc) is 2.97. The van der Waals surface area contributed by atoms with Gasteiger partial charge >= 0.3 is 5.88 Å². The quantitative estimate of drug-likeness (QED) is 0.503. The first kappa shape index (κ1) is 13.9. The molecule has 0 saturated carbocycles. The second-order valence-corrected chi connectivity index (χ2v) is 6.29. The Kier molecular flexibility index (Phi) is 3.15. The summed E-state index contributed by atoms with van der Waals surface area (Å²) in [6, 6.07) is 14.7. The van der Waals surface area contributed by atoms with Crippen LogP contribution in [0, 0.1) is 6.92 Å². The Hall–Kier alpha value is -2.68. The molecule has 4 aromatic rings. The van der Waals surface area contributed by atoms with E-state index in [2.05, 4.69) is 72.8 Å². The highest BCUT2D eigenvalue weighted by Gasteiger charge is 2.19. The SMILES string of the molecule is Cc1ccc2c(c1)ncc[n+]2-c1cc2cccc(C(C)C)c2o1. The fourth-order valence-corrected chi connectivity index (χ4v) is 3.04. The number of hydrogen-bond acceptors (Lipinski definition) is 2. The molecule has 3 heteroatoms. The third-order valence-corrected chi connectivity index (χ3v) is 4.24. The summed E-state index contributed by atoms with van der Waals surface area (Å²) in [5.74, 6) is 1.25. The van der Waals surface area contributed by atoms with Crippen LogP contribution in [0.1, 0.15) is 30.9 Å². The van der Waals surface area contributed by atoms with Gasteiger partial charge in [-0.25, -0.2) is 4.98 Å². The third kappa shape index (κ3) is 2.29. The number of rotatable bonds is 2. The van der Waals surface area contributed by atoms with Crippen molar-refractivity contribution in [2.75, 3.05) is 0 Å². The Morgan fingerprint density at radius 3 is 2.78 bits per heavy atom. The molecule has 0 saturated heterocycles. The van der Waals surface area contributed by atoms with E-state index in [4.69, 9.17) is 4.42 Å². The minimum atomic E-state index is 0.430. The van der Waals surface area contributed by atoms with Crippen molar-refractivity contribution in [1.29, 1.82) is 0 Å². The van der Waals surface area contributed by atoms with Crippen LogP contribution >= 0.6 is 0 Å². The van der Waals surface area contributed by atoms with Crippen molar-refractivity contribution < 1.29 is 8.98 Å². The Morgan fingerprint density at radius 2 is 1.96 bits per heavy atom. The average molecular weight is 303 g/mol. The molecule has 0 radical (unpaired) electrons. The predicted molar refractivity (Wildman–Crippen MR) is 91.9 cm³/mol. The summed E-state index contributed by atoms with van der Waals surface area (Å²) < 4.78 is 8.28. The van der Waals surface area contributed by atoms with Gasteiger partial charge in [-0.1, -0.05) is 38.1 Å². The van der Waals surface area contributed by atoms with Crippen molar-refractivity contribution in [1.82, 2.24) is 4.98 Å². The molecule has 114 valence electrons. The highest BCUT2D eigenvalue weighted by Crippen LogP contribution is 2.28. The summed E-state index contributed by atoms with van der Waals surface area (Å²) in [5.41, 5.74) is 5.43. The second-order valence-electron chi connectivity index (χ2n) is 6.29. The van der Waals surface area contributed by atoms with E-state index >= 15 is 0 Å². The van der Waals surface area contributed by atoms with Gasteiger partial charge in [-0.2, -0.15) is 0 Å². The summed E-state index contributed by atoms with van der Waals surface area (Å²) in [7, 11) is 0. The van der Waals surface area contributed by atoms with Crippen LogP contribution in [0.2, 0.25) is 0 Å². The minimum absolute atomic E-state index is 0.430. The standard InChI is InChI=1S/C20H19N2O/c1-13(2)16-6-4-5-15-12-19(23-20(15)16)22-10-9-21-17-11-14(3)7-8-18(17)22/h4-13H,1-3H3/q+1. The van der Waals surface area contributed by atoms with E-state index in [1.807, 2.05) is 12.4 Å². The number of hydrogen-bond donors (Lipinski definition) is 0. The fourth-order valence-electron chi connectivity index (χ4n) is 3.04. The first-order valence-corrected chi connectivity index (χ1v) is 7.93. The van der Waals surface area contributed by atoms with Crippen LogP contribution in [-0.4, -0.2) is 4.98 Å². The van der Waals surface area contributed by atoms with Crippen molar-refractivity contribution in [3.8, 4) is 5.88 Å². The molecule has 2 heterocycles. The maximum atomic E-state index is 6.22. The van der Waals surface area contributed by atoms with E-state index in [-0.39, 0.29) is 0 Å². The van der Waals surface area contributed by atoms with E-state index in [0.717, 1.165) is 27.9 Å². The highest BCUT2D eigenvalue weighted by atomic mass is 16.4. The molecule has 0 atom stereocenters. The van der Waals surface area contributed by atoms with Crippen LogP contribution in [-0.2, 0) is 0 Å². The number of aromatic nitrogens is 2. The number of nitrogens with zero attached hydrogens (tertiary/aromatic N) is 2. The molecule has 3 nitrogen and oxygen atoms in total. The molecule has 0 aliphatic rings. The number of para-hydroxylation sites is 1. The lowest BCUT2D eigenvalue weighted by molar-refractivity contribution is -0.581. The Bertz CT molecular complexity index is 1010. The number of aryl methyl sites for hydroxylation is 1. The molecule has 0 spiro atoms. The maximum absolute atomic E-state index is 6.22. The van der Waals surface area contributed by atoms with Crippen molar-refractivity contribution in [2.24, 2.45) is 0 Å². The maximum Gasteiger partial charge on any atom is 0.380 e. The van der Waals surface area contributed by atoms with Gasteiger partial charge in [-0.05, 0) is 30.0 Å². The van der Waals surface area contributed by atoms with E-state index in [9.17, 15) is 0 Å². The molecule has 0 aliphatic carbocycles. The Morgan fingerprint density at radius 1 is 1.09 bits per heavy atom. The van der Waals surface area contributed by atoms with Crippen LogP contribution in [0.4, 0.5) is 0 Å². The second kappa shape index (κ2) is 5.20. The lowest BCUT2D eigenvalue weighted by atomic mass is 10.0. The molecular formula is C20H19N2O+. The zero-order chi connectivity index (χ0) is 16.0. The third-order valence-electron chi connectivity index (χ3n) is 4.24. The van der Waals surface area contributed by atoms with Crippen LogP contribution < -0.4 is 4.57 Å². The van der Waals surface area contributed by atoms with Crippen LogP contribution in [0.3, 0.4) is 0 Å². The van der Waals surface area contributed by atoms with Gasteiger partial charge in [0.15, 0.2) is 6.20 Å². The summed E-state index contributed by atoms with van der Waals surface area (Å²) >= 11 is 0. The smallest absolute Gasteiger partial charge is 0.380 e. The van der Waals surface area contributed by atoms with Gasteiger partial charge in [0.25, 0.3) is 0 Å². The molecule has 0 amide bonds. The molecule has 0 fully saturated rings. The van der Waals surface area contributed by atoms with E-state index < -0.39 is 0 Å².